The van der Waals surface area contributed by atoms with Crippen LogP contribution in [0.5, 0.6) is 0 Å². The Hall–Kier alpha value is -2.14. The van der Waals surface area contributed by atoms with Crippen molar-refractivity contribution in [3.63, 3.8) is 0 Å². The summed E-state index contributed by atoms with van der Waals surface area (Å²) in [5.74, 6) is -1.68. The van der Waals surface area contributed by atoms with Crippen molar-refractivity contribution in [2.24, 2.45) is 0 Å². The predicted molar refractivity (Wildman–Crippen MR) is 71.3 cm³/mol. The quantitative estimate of drug-likeness (QED) is 0.901. The number of nitrogens with one attached hydrogen (secondary N) is 1. The number of carbonyl (C=O) groups excluding carboxylic acids is 1. The minimum atomic E-state index is -1.11. The number of rotatable bonds is 3. The number of aliphatic carboxylic acids is 1. The zero-order valence-corrected chi connectivity index (χ0v) is 10.8. The third-order valence-electron chi connectivity index (χ3n) is 2.62. The molecule has 0 saturated heterocycles. The average Bonchev–Trinajstić information content (AvgIpc) is 2.38. The molecule has 2 N–H and O–H groups in total. The van der Waals surface area contributed by atoms with E-state index in [1.165, 1.54) is 13.0 Å². The first kappa shape index (κ1) is 13.3. The summed E-state index contributed by atoms with van der Waals surface area (Å²) < 4.78 is 0. The molecule has 0 aliphatic heterocycles. The highest BCUT2D eigenvalue weighted by molar-refractivity contribution is 6.35. The summed E-state index contributed by atoms with van der Waals surface area (Å²) >= 11 is 6.07. The Balaban J connectivity index is 2.35. The smallest absolute Gasteiger partial charge is 0.325 e. The Kier molecular flexibility index (Phi) is 3.66. The number of halogens is 1. The number of benzene rings is 1. The molecule has 0 aliphatic carbocycles. The van der Waals surface area contributed by atoms with E-state index in [2.05, 4.69) is 10.3 Å². The minimum Gasteiger partial charge on any atom is -0.480 e. The van der Waals surface area contributed by atoms with Crippen LogP contribution in [0.25, 0.3) is 10.9 Å². The Morgan fingerprint density at radius 3 is 2.74 bits per heavy atom. The number of hydrogen-bond donors (Lipinski definition) is 2. The van der Waals surface area contributed by atoms with Gasteiger partial charge >= 0.3 is 5.97 Å². The first-order chi connectivity index (χ1) is 8.99. The summed E-state index contributed by atoms with van der Waals surface area (Å²) in [7, 11) is 0. The highest BCUT2D eigenvalue weighted by atomic mass is 35.5. The van der Waals surface area contributed by atoms with Crippen molar-refractivity contribution in [2.45, 2.75) is 13.0 Å². The van der Waals surface area contributed by atoms with Gasteiger partial charge < -0.3 is 10.4 Å². The largest absolute Gasteiger partial charge is 0.480 e. The second-order valence-electron chi connectivity index (χ2n) is 4.04. The fraction of sp³-hybridized carbons (Fsp3) is 0.154. The van der Waals surface area contributed by atoms with Crippen LogP contribution in [0.4, 0.5) is 0 Å². The molecule has 6 heteroatoms. The maximum Gasteiger partial charge on any atom is 0.325 e. The van der Waals surface area contributed by atoms with E-state index in [1.807, 2.05) is 6.07 Å². The zero-order valence-electron chi connectivity index (χ0n) is 10.1. The highest BCUT2D eigenvalue weighted by Gasteiger charge is 2.17. The standard InChI is InChI=1S/C13H11ClN2O3/c1-7(13(18)19)15-12(17)11-6-9(14)8-4-2-3-5-10(8)16-11/h2-7H,1H3,(H,15,17)(H,18,19)/t7-/m1/s1. The molecule has 2 aromatic rings. The monoisotopic (exact) mass is 278 g/mol. The molecule has 0 spiro atoms. The zero-order chi connectivity index (χ0) is 14.0. The lowest BCUT2D eigenvalue weighted by Crippen LogP contribution is -2.38. The highest BCUT2D eigenvalue weighted by Crippen LogP contribution is 2.22. The van der Waals surface area contributed by atoms with Crippen LogP contribution in [0.1, 0.15) is 17.4 Å². The Bertz CT molecular complexity index is 657. The third kappa shape index (κ3) is 2.82. The summed E-state index contributed by atoms with van der Waals surface area (Å²) in [6, 6.07) is 7.58. The predicted octanol–water partition coefficient (Wildman–Crippen LogP) is 2.09. The molecule has 19 heavy (non-hydrogen) atoms. The maximum atomic E-state index is 11.9. The normalized spacial score (nSPS) is 12.1. The molecule has 98 valence electrons. The van der Waals surface area contributed by atoms with E-state index in [-0.39, 0.29) is 5.69 Å². The fourth-order valence-corrected chi connectivity index (χ4v) is 1.84. The number of carbonyl (C=O) groups is 2. The molecule has 0 fully saturated rings. The number of carboxylic acids is 1. The van der Waals surface area contributed by atoms with E-state index < -0.39 is 17.9 Å². The van der Waals surface area contributed by atoms with Gasteiger partial charge in [-0.25, -0.2) is 4.98 Å². The lowest BCUT2D eigenvalue weighted by Gasteiger charge is -2.09. The van der Waals surface area contributed by atoms with Gasteiger partial charge in [-0.05, 0) is 19.1 Å². The van der Waals surface area contributed by atoms with Crippen LogP contribution in [-0.2, 0) is 4.79 Å². The molecule has 1 amide bonds. The molecule has 1 heterocycles. The number of pyridine rings is 1. The van der Waals surface area contributed by atoms with E-state index in [0.717, 1.165) is 5.39 Å². The fourth-order valence-electron chi connectivity index (χ4n) is 1.58. The molecule has 2 rings (SSSR count). The molecular weight excluding hydrogens is 268 g/mol. The van der Waals surface area contributed by atoms with Gasteiger partial charge in [0.05, 0.1) is 10.5 Å². The van der Waals surface area contributed by atoms with E-state index in [9.17, 15) is 9.59 Å². The number of fused-ring (bicyclic) bond motifs is 1. The van der Waals surface area contributed by atoms with Crippen LogP contribution in [0.2, 0.25) is 5.02 Å². The molecule has 0 saturated carbocycles. The van der Waals surface area contributed by atoms with Crippen molar-refractivity contribution >= 4 is 34.4 Å². The molecule has 5 nitrogen and oxygen atoms in total. The van der Waals surface area contributed by atoms with Crippen molar-refractivity contribution in [1.82, 2.24) is 10.3 Å². The van der Waals surface area contributed by atoms with E-state index in [4.69, 9.17) is 16.7 Å². The number of para-hydroxylation sites is 1. The number of amides is 1. The van der Waals surface area contributed by atoms with Crippen LogP contribution >= 0.6 is 11.6 Å². The SMILES string of the molecule is C[C@@H](NC(=O)c1cc(Cl)c2ccccc2n1)C(=O)O. The minimum absolute atomic E-state index is 0.0943. The molecular formula is C13H11ClN2O3. The second-order valence-corrected chi connectivity index (χ2v) is 4.45. The third-order valence-corrected chi connectivity index (χ3v) is 2.93. The lowest BCUT2D eigenvalue weighted by molar-refractivity contribution is -0.138. The summed E-state index contributed by atoms with van der Waals surface area (Å²) in [6.07, 6.45) is 0. The van der Waals surface area contributed by atoms with Gasteiger partial charge in [-0.15, -0.1) is 0 Å². The van der Waals surface area contributed by atoms with Crippen LogP contribution in [-0.4, -0.2) is 28.0 Å². The molecule has 0 aliphatic rings. The lowest BCUT2D eigenvalue weighted by atomic mass is 10.2. The second kappa shape index (κ2) is 5.24. The summed E-state index contributed by atoms with van der Waals surface area (Å²) in [4.78, 5) is 26.7. The first-order valence-electron chi connectivity index (χ1n) is 5.58. The Morgan fingerprint density at radius 2 is 2.05 bits per heavy atom. The summed E-state index contributed by atoms with van der Waals surface area (Å²) in [5, 5.41) is 12.2. The maximum absolute atomic E-state index is 11.9. The van der Waals surface area contributed by atoms with Gasteiger partial charge in [0.25, 0.3) is 5.91 Å². The van der Waals surface area contributed by atoms with Crippen LogP contribution in [0.15, 0.2) is 30.3 Å². The van der Waals surface area contributed by atoms with Gasteiger partial charge in [-0.1, -0.05) is 29.8 Å². The average molecular weight is 279 g/mol. The van der Waals surface area contributed by atoms with Crippen molar-refractivity contribution in [2.75, 3.05) is 0 Å². The topological polar surface area (TPSA) is 79.3 Å². The molecule has 1 atom stereocenters. The summed E-state index contributed by atoms with van der Waals surface area (Å²) in [6.45, 7) is 1.38. The molecule has 0 radical (unpaired) electrons. The number of nitrogens with zero attached hydrogens (tertiary/aromatic N) is 1. The van der Waals surface area contributed by atoms with Crippen LogP contribution in [0, 0.1) is 0 Å². The van der Waals surface area contributed by atoms with Crippen molar-refractivity contribution in [3.05, 3.63) is 41.0 Å². The molecule has 1 aromatic carbocycles. The van der Waals surface area contributed by atoms with E-state index in [1.54, 1.807) is 18.2 Å². The Labute approximate surface area is 114 Å². The number of carboxylic acid groups (broad SMARTS) is 1. The van der Waals surface area contributed by atoms with Crippen molar-refractivity contribution < 1.29 is 14.7 Å². The first-order valence-corrected chi connectivity index (χ1v) is 5.96. The van der Waals surface area contributed by atoms with Gasteiger partial charge in [0.2, 0.25) is 0 Å². The Morgan fingerprint density at radius 1 is 1.37 bits per heavy atom. The van der Waals surface area contributed by atoms with Gasteiger partial charge in [0, 0.05) is 5.39 Å². The van der Waals surface area contributed by atoms with Gasteiger partial charge in [-0.2, -0.15) is 0 Å². The van der Waals surface area contributed by atoms with Crippen molar-refractivity contribution in [1.29, 1.82) is 0 Å². The van der Waals surface area contributed by atoms with Gasteiger partial charge in [0.15, 0.2) is 0 Å². The molecule has 1 aromatic heterocycles. The number of hydrogen-bond acceptors (Lipinski definition) is 3. The van der Waals surface area contributed by atoms with Crippen LogP contribution < -0.4 is 5.32 Å². The number of aromatic nitrogens is 1. The van der Waals surface area contributed by atoms with E-state index >= 15 is 0 Å². The molecule has 0 unspecified atom stereocenters. The van der Waals surface area contributed by atoms with Gasteiger partial charge in [0.1, 0.15) is 11.7 Å². The van der Waals surface area contributed by atoms with Crippen molar-refractivity contribution in [3.8, 4) is 0 Å². The molecule has 0 bridgehead atoms. The van der Waals surface area contributed by atoms with Gasteiger partial charge in [-0.3, -0.25) is 9.59 Å². The summed E-state index contributed by atoms with van der Waals surface area (Å²) in [5.41, 5.74) is 0.680. The van der Waals surface area contributed by atoms with E-state index in [0.29, 0.717) is 10.5 Å². The van der Waals surface area contributed by atoms with Crippen LogP contribution in [0.3, 0.4) is 0 Å².